The van der Waals surface area contributed by atoms with Gasteiger partial charge in [0.05, 0.1) is 11.7 Å². The zero-order valence-electron chi connectivity index (χ0n) is 17.3. The van der Waals surface area contributed by atoms with Crippen molar-refractivity contribution in [2.75, 3.05) is 6.54 Å². The summed E-state index contributed by atoms with van der Waals surface area (Å²) in [7, 11) is 0. The van der Waals surface area contributed by atoms with E-state index in [9.17, 15) is 9.59 Å². The van der Waals surface area contributed by atoms with Crippen molar-refractivity contribution in [3.05, 3.63) is 65.2 Å². The number of hydrogen-bond donors (Lipinski definition) is 2. The van der Waals surface area contributed by atoms with Gasteiger partial charge in [-0.25, -0.2) is 4.68 Å². The number of aromatic nitrogens is 5. The molecule has 0 aliphatic carbocycles. The fourth-order valence-electron chi connectivity index (χ4n) is 3.84. The number of likely N-dealkylation sites (tertiary alicyclic amines) is 1. The van der Waals surface area contributed by atoms with E-state index in [1.54, 1.807) is 29.3 Å². The van der Waals surface area contributed by atoms with Crippen LogP contribution in [0.1, 0.15) is 24.1 Å². The predicted octanol–water partition coefficient (Wildman–Crippen LogP) is 0.888. The SMILES string of the molecule is NC(Cc1ccccn1)C(=O)N1CCCC1C(=O)NCc1cc(Cl)ccc1-n1cnnn1. The minimum atomic E-state index is -0.752. The maximum Gasteiger partial charge on any atom is 0.243 e. The van der Waals surface area contributed by atoms with Crippen LogP contribution < -0.4 is 11.1 Å². The molecule has 0 bridgehead atoms. The van der Waals surface area contributed by atoms with Crippen LogP contribution in [0.25, 0.3) is 5.69 Å². The first kappa shape index (κ1) is 21.8. The summed E-state index contributed by atoms with van der Waals surface area (Å²) >= 11 is 6.14. The monoisotopic (exact) mass is 454 g/mol. The fraction of sp³-hybridized carbons (Fsp3) is 0.333. The number of carbonyl (C=O) groups excluding carboxylic acids is 2. The number of amides is 2. The maximum absolute atomic E-state index is 13.0. The van der Waals surface area contributed by atoms with E-state index in [2.05, 4.69) is 25.8 Å². The molecule has 1 aliphatic rings. The van der Waals surface area contributed by atoms with E-state index in [0.29, 0.717) is 30.1 Å². The van der Waals surface area contributed by atoms with Crippen LogP contribution >= 0.6 is 11.6 Å². The van der Waals surface area contributed by atoms with E-state index in [0.717, 1.165) is 17.7 Å². The topological polar surface area (TPSA) is 132 Å². The average Bonchev–Trinajstić information content (AvgIpc) is 3.50. The summed E-state index contributed by atoms with van der Waals surface area (Å²) in [6, 6.07) is 9.43. The van der Waals surface area contributed by atoms with Crippen molar-refractivity contribution in [2.45, 2.75) is 37.9 Å². The Balaban J connectivity index is 1.41. The highest BCUT2D eigenvalue weighted by Crippen LogP contribution is 2.21. The molecule has 1 fully saturated rings. The number of pyridine rings is 1. The molecule has 2 atom stereocenters. The number of rotatable bonds is 7. The van der Waals surface area contributed by atoms with Crippen molar-refractivity contribution in [2.24, 2.45) is 5.73 Å². The number of tetrazole rings is 1. The van der Waals surface area contributed by atoms with Crippen LogP contribution in [0.4, 0.5) is 0 Å². The lowest BCUT2D eigenvalue weighted by molar-refractivity contribution is -0.139. The summed E-state index contributed by atoms with van der Waals surface area (Å²) in [5, 5.41) is 14.6. The zero-order valence-corrected chi connectivity index (χ0v) is 18.0. The number of nitrogens with zero attached hydrogens (tertiary/aromatic N) is 6. The molecule has 2 aromatic heterocycles. The third-order valence-corrected chi connectivity index (χ3v) is 5.64. The van der Waals surface area contributed by atoms with Crippen molar-refractivity contribution in [3.8, 4) is 5.69 Å². The lowest BCUT2D eigenvalue weighted by Gasteiger charge is -2.26. The van der Waals surface area contributed by atoms with Gasteiger partial charge in [-0.3, -0.25) is 14.6 Å². The molecule has 0 saturated carbocycles. The van der Waals surface area contributed by atoms with Gasteiger partial charge < -0.3 is 16.0 Å². The molecule has 1 saturated heterocycles. The molecule has 11 heteroatoms. The van der Waals surface area contributed by atoms with Gasteiger partial charge in [-0.05, 0) is 59.2 Å². The second kappa shape index (κ2) is 9.84. The van der Waals surface area contributed by atoms with Gasteiger partial charge in [-0.15, -0.1) is 5.10 Å². The molecule has 4 rings (SSSR count). The molecular weight excluding hydrogens is 432 g/mol. The van der Waals surface area contributed by atoms with Gasteiger partial charge in [0.15, 0.2) is 0 Å². The summed E-state index contributed by atoms with van der Waals surface area (Å²) in [4.78, 5) is 31.7. The molecule has 3 aromatic rings. The first-order valence-electron chi connectivity index (χ1n) is 10.3. The highest BCUT2D eigenvalue weighted by Gasteiger charge is 2.36. The normalized spacial score (nSPS) is 16.7. The minimum absolute atomic E-state index is 0.215. The predicted molar refractivity (Wildman–Crippen MR) is 117 cm³/mol. The van der Waals surface area contributed by atoms with Gasteiger partial charge in [0, 0.05) is 36.4 Å². The van der Waals surface area contributed by atoms with Crippen LogP contribution in [-0.2, 0) is 22.6 Å². The highest BCUT2D eigenvalue weighted by atomic mass is 35.5. The number of benzene rings is 1. The number of hydrogen-bond acceptors (Lipinski definition) is 7. The molecule has 32 heavy (non-hydrogen) atoms. The molecule has 2 unspecified atom stereocenters. The van der Waals surface area contributed by atoms with Crippen molar-refractivity contribution in [3.63, 3.8) is 0 Å². The van der Waals surface area contributed by atoms with Gasteiger partial charge in [-0.1, -0.05) is 17.7 Å². The Morgan fingerprint density at radius 1 is 1.28 bits per heavy atom. The van der Waals surface area contributed by atoms with Crippen molar-refractivity contribution in [1.29, 1.82) is 0 Å². The first-order valence-corrected chi connectivity index (χ1v) is 10.7. The lowest BCUT2D eigenvalue weighted by Crippen LogP contribution is -2.51. The molecule has 0 radical (unpaired) electrons. The number of nitrogens with one attached hydrogen (secondary N) is 1. The van der Waals surface area contributed by atoms with Crippen molar-refractivity contribution in [1.82, 2.24) is 35.4 Å². The van der Waals surface area contributed by atoms with Crippen LogP contribution in [0.2, 0.25) is 5.02 Å². The summed E-state index contributed by atoms with van der Waals surface area (Å²) in [5.74, 6) is -0.478. The van der Waals surface area contributed by atoms with Crippen LogP contribution in [0.3, 0.4) is 0 Å². The molecule has 0 spiro atoms. The fourth-order valence-corrected chi connectivity index (χ4v) is 4.03. The van der Waals surface area contributed by atoms with Crippen LogP contribution in [0.15, 0.2) is 48.9 Å². The third kappa shape index (κ3) is 4.92. The number of halogens is 1. The van der Waals surface area contributed by atoms with Gasteiger partial charge in [0.25, 0.3) is 0 Å². The molecule has 3 heterocycles. The molecule has 1 aliphatic heterocycles. The Hall–Kier alpha value is -3.37. The zero-order chi connectivity index (χ0) is 22.5. The first-order chi connectivity index (χ1) is 15.5. The lowest BCUT2D eigenvalue weighted by atomic mass is 10.1. The van der Waals surface area contributed by atoms with Crippen molar-refractivity contribution < 1.29 is 9.59 Å². The Labute approximate surface area is 189 Å². The minimum Gasteiger partial charge on any atom is -0.350 e. The summed E-state index contributed by atoms with van der Waals surface area (Å²) < 4.78 is 1.50. The van der Waals surface area contributed by atoms with E-state index in [-0.39, 0.29) is 18.4 Å². The summed E-state index contributed by atoms with van der Waals surface area (Å²) in [6.45, 7) is 0.715. The second-order valence-electron chi connectivity index (χ2n) is 7.57. The quantitative estimate of drug-likeness (QED) is 0.541. The van der Waals surface area contributed by atoms with E-state index in [1.807, 2.05) is 18.2 Å². The molecule has 3 N–H and O–H groups in total. The summed E-state index contributed by atoms with van der Waals surface area (Å²) in [6.07, 6.45) is 4.78. The van der Waals surface area contributed by atoms with E-state index >= 15 is 0 Å². The Kier molecular flexibility index (Phi) is 6.72. The van der Waals surface area contributed by atoms with Crippen LogP contribution in [0.5, 0.6) is 0 Å². The summed E-state index contributed by atoms with van der Waals surface area (Å²) in [5.41, 5.74) is 8.34. The molecular formula is C21H23ClN8O2. The van der Waals surface area contributed by atoms with E-state index in [4.69, 9.17) is 17.3 Å². The number of carbonyl (C=O) groups is 2. The average molecular weight is 455 g/mol. The van der Waals surface area contributed by atoms with Gasteiger partial charge >= 0.3 is 0 Å². The molecule has 1 aromatic carbocycles. The molecule has 10 nitrogen and oxygen atoms in total. The van der Waals surface area contributed by atoms with E-state index in [1.165, 1.54) is 11.0 Å². The maximum atomic E-state index is 13.0. The number of nitrogens with two attached hydrogens (primary N) is 1. The molecule has 2 amide bonds. The smallest absolute Gasteiger partial charge is 0.243 e. The van der Waals surface area contributed by atoms with Gasteiger partial charge in [-0.2, -0.15) is 0 Å². The van der Waals surface area contributed by atoms with Gasteiger partial charge in [0.1, 0.15) is 12.4 Å². The standard InChI is InChI=1S/C21H23ClN8O2/c22-15-6-7-18(30-13-26-27-28-30)14(10-15)12-25-20(31)19-5-3-9-29(19)21(32)17(23)11-16-4-1-2-8-24-16/h1-2,4,6-8,10,13,17,19H,3,5,9,11-12,23H2,(H,25,31). The third-order valence-electron chi connectivity index (χ3n) is 5.40. The Morgan fingerprint density at radius 3 is 2.91 bits per heavy atom. The molecule has 166 valence electrons. The Bertz CT molecular complexity index is 1080. The van der Waals surface area contributed by atoms with Crippen molar-refractivity contribution >= 4 is 23.4 Å². The van der Waals surface area contributed by atoms with E-state index < -0.39 is 12.1 Å². The van der Waals surface area contributed by atoms with Crippen LogP contribution in [0, 0.1) is 0 Å². The van der Waals surface area contributed by atoms with Crippen LogP contribution in [-0.4, -0.2) is 60.5 Å². The highest BCUT2D eigenvalue weighted by molar-refractivity contribution is 6.30. The Morgan fingerprint density at radius 2 is 2.16 bits per heavy atom. The van der Waals surface area contributed by atoms with Gasteiger partial charge in [0.2, 0.25) is 11.8 Å². The largest absolute Gasteiger partial charge is 0.350 e. The second-order valence-corrected chi connectivity index (χ2v) is 8.00.